The van der Waals surface area contributed by atoms with E-state index >= 15 is 0 Å². The third-order valence-electron chi connectivity index (χ3n) is 6.00. The summed E-state index contributed by atoms with van der Waals surface area (Å²) in [5, 5.41) is 3.26. The van der Waals surface area contributed by atoms with Gasteiger partial charge in [-0.1, -0.05) is 20.8 Å². The number of imide groups is 1. The van der Waals surface area contributed by atoms with Crippen LogP contribution in [0, 0.1) is 11.3 Å². The van der Waals surface area contributed by atoms with Gasteiger partial charge in [0.2, 0.25) is 11.8 Å². The monoisotopic (exact) mass is 441 g/mol. The van der Waals surface area contributed by atoms with Gasteiger partial charge in [-0.25, -0.2) is 4.79 Å². The first-order valence-electron chi connectivity index (χ1n) is 11.0. The summed E-state index contributed by atoms with van der Waals surface area (Å²) in [5.74, 6) is -1.41. The summed E-state index contributed by atoms with van der Waals surface area (Å²) in [6.45, 7) is 11.7. The number of hydrogen-bond acceptors (Lipinski definition) is 6. The Morgan fingerprint density at radius 2 is 1.84 bits per heavy atom. The van der Waals surface area contributed by atoms with E-state index in [4.69, 9.17) is 4.42 Å². The zero-order valence-electron chi connectivity index (χ0n) is 19.4. The van der Waals surface area contributed by atoms with E-state index in [1.54, 1.807) is 6.07 Å². The molecule has 1 fully saturated rings. The fraction of sp³-hybridized carbons (Fsp3) is 0.500. The molecule has 8 nitrogen and oxygen atoms in total. The number of amides is 3. The lowest BCUT2D eigenvalue weighted by molar-refractivity contribution is -0.140. The Hall–Kier alpha value is -3.16. The summed E-state index contributed by atoms with van der Waals surface area (Å²) in [7, 11) is 0. The highest BCUT2D eigenvalue weighted by Gasteiger charge is 2.44. The molecular weight excluding hydrogens is 410 g/mol. The molecule has 2 aromatic rings. The fourth-order valence-corrected chi connectivity index (χ4v) is 4.01. The van der Waals surface area contributed by atoms with Gasteiger partial charge in [0.25, 0.3) is 5.91 Å². The standard InChI is InChI=1S/C24H31N3O5/c1-6-26(7-2)16-9-8-15-12-17(23(31)32-19(15)13-16)21(29)25-10-11-27-20(28)14-18(22(27)30)24(3,4)5/h8-9,12-13,18H,6-7,10-11,14H2,1-5H3,(H,25,29). The van der Waals surface area contributed by atoms with Crippen LogP contribution in [0.5, 0.6) is 0 Å². The average molecular weight is 442 g/mol. The van der Waals surface area contributed by atoms with Gasteiger partial charge in [0, 0.05) is 49.7 Å². The molecule has 1 saturated heterocycles. The van der Waals surface area contributed by atoms with Gasteiger partial charge in [0.05, 0.1) is 5.92 Å². The maximum absolute atomic E-state index is 12.6. The first-order valence-corrected chi connectivity index (χ1v) is 11.0. The van der Waals surface area contributed by atoms with Crippen LogP contribution in [0.4, 0.5) is 5.69 Å². The van der Waals surface area contributed by atoms with Gasteiger partial charge in [-0.2, -0.15) is 0 Å². The van der Waals surface area contributed by atoms with Gasteiger partial charge >= 0.3 is 5.63 Å². The zero-order chi connectivity index (χ0) is 23.6. The molecule has 3 amide bonds. The molecule has 0 bridgehead atoms. The van der Waals surface area contributed by atoms with Crippen LogP contribution in [0.25, 0.3) is 11.0 Å². The van der Waals surface area contributed by atoms with Crippen molar-refractivity contribution in [2.24, 2.45) is 11.3 Å². The van der Waals surface area contributed by atoms with E-state index in [-0.39, 0.29) is 48.2 Å². The Balaban J connectivity index is 1.69. The number of benzene rings is 1. The number of rotatable bonds is 7. The van der Waals surface area contributed by atoms with Crippen molar-refractivity contribution in [2.45, 2.75) is 41.0 Å². The second kappa shape index (κ2) is 9.14. The number of fused-ring (bicyclic) bond motifs is 1. The molecule has 1 N–H and O–H groups in total. The van der Waals surface area contributed by atoms with Gasteiger partial charge in [-0.3, -0.25) is 19.3 Å². The van der Waals surface area contributed by atoms with Gasteiger partial charge in [0.15, 0.2) is 0 Å². The van der Waals surface area contributed by atoms with Crippen molar-refractivity contribution >= 4 is 34.4 Å². The number of carbonyl (C=O) groups is 3. The van der Waals surface area contributed by atoms with E-state index in [2.05, 4.69) is 10.2 Å². The van der Waals surface area contributed by atoms with Crippen molar-refractivity contribution in [1.82, 2.24) is 10.2 Å². The molecule has 1 unspecified atom stereocenters. The maximum atomic E-state index is 12.6. The van der Waals surface area contributed by atoms with Crippen LogP contribution in [-0.2, 0) is 9.59 Å². The molecule has 1 aromatic heterocycles. The lowest BCUT2D eigenvalue weighted by Crippen LogP contribution is -2.40. The molecule has 1 aliphatic heterocycles. The van der Waals surface area contributed by atoms with Crippen molar-refractivity contribution in [3.8, 4) is 0 Å². The smallest absolute Gasteiger partial charge is 0.349 e. The van der Waals surface area contributed by atoms with E-state index in [9.17, 15) is 19.2 Å². The summed E-state index contributed by atoms with van der Waals surface area (Å²) in [4.78, 5) is 53.1. The van der Waals surface area contributed by atoms with Crippen molar-refractivity contribution in [3.05, 3.63) is 40.2 Å². The number of likely N-dealkylation sites (tertiary alicyclic amines) is 1. The van der Waals surface area contributed by atoms with E-state index < -0.39 is 11.5 Å². The quantitative estimate of drug-likeness (QED) is 0.524. The maximum Gasteiger partial charge on any atom is 0.349 e. The average Bonchev–Trinajstić information content (AvgIpc) is 3.02. The molecule has 0 radical (unpaired) electrons. The van der Waals surface area contributed by atoms with Crippen molar-refractivity contribution in [2.75, 3.05) is 31.1 Å². The molecule has 1 aromatic carbocycles. The van der Waals surface area contributed by atoms with Crippen molar-refractivity contribution < 1.29 is 18.8 Å². The number of hydrogen-bond donors (Lipinski definition) is 1. The van der Waals surface area contributed by atoms with Crippen LogP contribution < -0.4 is 15.8 Å². The van der Waals surface area contributed by atoms with Crippen LogP contribution in [0.3, 0.4) is 0 Å². The predicted molar refractivity (Wildman–Crippen MR) is 123 cm³/mol. The number of nitrogens with zero attached hydrogens (tertiary/aromatic N) is 2. The molecule has 1 atom stereocenters. The van der Waals surface area contributed by atoms with Crippen LogP contribution in [0.15, 0.2) is 33.5 Å². The van der Waals surface area contributed by atoms with Crippen LogP contribution in [-0.4, -0.2) is 48.8 Å². The zero-order valence-corrected chi connectivity index (χ0v) is 19.4. The molecule has 0 spiro atoms. The molecule has 3 rings (SSSR count). The first-order chi connectivity index (χ1) is 15.1. The summed E-state index contributed by atoms with van der Waals surface area (Å²) in [6.07, 6.45) is 0.181. The van der Waals surface area contributed by atoms with Crippen LogP contribution in [0.2, 0.25) is 0 Å². The second-order valence-corrected chi connectivity index (χ2v) is 9.10. The Morgan fingerprint density at radius 1 is 1.16 bits per heavy atom. The molecule has 0 aliphatic carbocycles. The van der Waals surface area contributed by atoms with E-state index in [1.807, 2.05) is 46.8 Å². The van der Waals surface area contributed by atoms with Crippen molar-refractivity contribution in [3.63, 3.8) is 0 Å². The van der Waals surface area contributed by atoms with E-state index in [0.717, 1.165) is 18.8 Å². The van der Waals surface area contributed by atoms with Crippen LogP contribution >= 0.6 is 0 Å². The molecule has 2 heterocycles. The third kappa shape index (κ3) is 4.69. The lowest BCUT2D eigenvalue weighted by Gasteiger charge is -2.24. The molecule has 1 aliphatic rings. The Bertz CT molecular complexity index is 1090. The molecule has 8 heteroatoms. The lowest BCUT2D eigenvalue weighted by atomic mass is 9.80. The van der Waals surface area contributed by atoms with Crippen LogP contribution in [0.1, 0.15) is 51.4 Å². The first kappa shape index (κ1) is 23.5. The predicted octanol–water partition coefficient (Wildman–Crippen LogP) is 2.79. The minimum atomic E-state index is -0.729. The summed E-state index contributed by atoms with van der Waals surface area (Å²) in [5.41, 5.74) is 0.210. The minimum absolute atomic E-state index is 0.0611. The molecule has 0 saturated carbocycles. The van der Waals surface area contributed by atoms with E-state index in [0.29, 0.717) is 11.0 Å². The largest absolute Gasteiger partial charge is 0.422 e. The fourth-order valence-electron chi connectivity index (χ4n) is 4.01. The summed E-state index contributed by atoms with van der Waals surface area (Å²) in [6, 6.07) is 7.04. The van der Waals surface area contributed by atoms with Crippen molar-refractivity contribution in [1.29, 1.82) is 0 Å². The molecule has 32 heavy (non-hydrogen) atoms. The van der Waals surface area contributed by atoms with E-state index in [1.165, 1.54) is 11.0 Å². The normalized spacial score (nSPS) is 16.7. The summed E-state index contributed by atoms with van der Waals surface area (Å²) < 4.78 is 5.40. The van der Waals surface area contributed by atoms with Gasteiger partial charge in [-0.05, 0) is 37.5 Å². The Labute approximate surface area is 187 Å². The topological polar surface area (TPSA) is 99.9 Å². The Kier molecular flexibility index (Phi) is 6.71. The highest BCUT2D eigenvalue weighted by Crippen LogP contribution is 2.35. The summed E-state index contributed by atoms with van der Waals surface area (Å²) >= 11 is 0. The minimum Gasteiger partial charge on any atom is -0.422 e. The van der Waals surface area contributed by atoms with Gasteiger partial charge in [-0.15, -0.1) is 0 Å². The third-order valence-corrected chi connectivity index (χ3v) is 6.00. The number of carbonyl (C=O) groups excluding carboxylic acids is 3. The second-order valence-electron chi connectivity index (χ2n) is 9.10. The highest BCUT2D eigenvalue weighted by molar-refractivity contribution is 6.04. The number of nitrogens with one attached hydrogen (secondary N) is 1. The molecular formula is C24H31N3O5. The Morgan fingerprint density at radius 3 is 2.44 bits per heavy atom. The van der Waals surface area contributed by atoms with Gasteiger partial charge < -0.3 is 14.6 Å². The SMILES string of the molecule is CCN(CC)c1ccc2cc(C(=O)NCCN3C(=O)CC(C(C)(C)C)C3=O)c(=O)oc2c1. The highest BCUT2D eigenvalue weighted by atomic mass is 16.4. The molecule has 172 valence electrons. The van der Waals surface area contributed by atoms with Gasteiger partial charge in [0.1, 0.15) is 11.1 Å². The number of anilines is 1.